The van der Waals surface area contributed by atoms with Crippen LogP contribution in [0.3, 0.4) is 0 Å². The molecule has 2 nitrogen and oxygen atoms in total. The Balaban J connectivity index is 2.29. The second kappa shape index (κ2) is 6.60. The van der Waals surface area contributed by atoms with Gasteiger partial charge in [-0.1, -0.05) is 0 Å². The van der Waals surface area contributed by atoms with Gasteiger partial charge in [0.2, 0.25) is 0 Å². The maximum absolute atomic E-state index is 5.08. The van der Waals surface area contributed by atoms with Crippen LogP contribution in [0.25, 0.3) is 0 Å². The van der Waals surface area contributed by atoms with E-state index in [2.05, 4.69) is 11.6 Å². The Morgan fingerprint density at radius 3 is 2.57 bits per heavy atom. The molecule has 0 bridgehead atoms. The molecular weight excluding hydrogens is 194 g/mol. The van der Waals surface area contributed by atoms with Crippen LogP contribution in [0.4, 0.5) is 5.69 Å². The molecule has 0 spiro atoms. The lowest BCUT2D eigenvalue weighted by molar-refractivity contribution is 0.415. The number of methoxy groups -OCH3 is 1. The van der Waals surface area contributed by atoms with E-state index in [1.807, 2.05) is 36.0 Å². The molecule has 3 heteroatoms. The van der Waals surface area contributed by atoms with Crippen molar-refractivity contribution in [1.82, 2.24) is 0 Å². The van der Waals surface area contributed by atoms with E-state index in [9.17, 15) is 0 Å². The molecule has 1 aromatic rings. The summed E-state index contributed by atoms with van der Waals surface area (Å²) in [6.45, 7) is 1.03. The summed E-state index contributed by atoms with van der Waals surface area (Å²) >= 11 is 1.88. The average Bonchev–Trinajstić information content (AvgIpc) is 2.25. The van der Waals surface area contributed by atoms with Gasteiger partial charge in [0, 0.05) is 12.2 Å². The standard InChI is InChI=1S/C11H17NOS/c1-13-11-6-4-10(5-7-11)12-8-3-9-14-2/h4-7,12H,3,8-9H2,1-2H3. The van der Waals surface area contributed by atoms with Gasteiger partial charge < -0.3 is 10.1 Å². The highest BCUT2D eigenvalue weighted by atomic mass is 32.2. The van der Waals surface area contributed by atoms with Crippen molar-refractivity contribution in [3.8, 4) is 5.75 Å². The van der Waals surface area contributed by atoms with E-state index < -0.39 is 0 Å². The first kappa shape index (κ1) is 11.2. The zero-order chi connectivity index (χ0) is 10.2. The minimum atomic E-state index is 0.902. The molecule has 0 aliphatic rings. The first-order valence-electron chi connectivity index (χ1n) is 4.73. The normalized spacial score (nSPS) is 9.86. The maximum Gasteiger partial charge on any atom is 0.119 e. The molecule has 1 aromatic carbocycles. The molecule has 0 atom stereocenters. The highest BCUT2D eigenvalue weighted by molar-refractivity contribution is 7.98. The van der Waals surface area contributed by atoms with Crippen molar-refractivity contribution in [3.63, 3.8) is 0 Å². The molecular formula is C11H17NOS. The Morgan fingerprint density at radius 2 is 2.00 bits per heavy atom. The number of hydrogen-bond donors (Lipinski definition) is 1. The van der Waals surface area contributed by atoms with Crippen molar-refractivity contribution in [2.45, 2.75) is 6.42 Å². The third kappa shape index (κ3) is 3.92. The third-order valence-electron chi connectivity index (χ3n) is 1.94. The van der Waals surface area contributed by atoms with Crippen molar-refractivity contribution in [2.24, 2.45) is 0 Å². The smallest absolute Gasteiger partial charge is 0.119 e. The zero-order valence-corrected chi connectivity index (χ0v) is 9.56. The molecule has 0 aliphatic heterocycles. The molecule has 0 aliphatic carbocycles. The Kier molecular flexibility index (Phi) is 5.30. The average molecular weight is 211 g/mol. The number of thioether (sulfide) groups is 1. The molecule has 0 saturated carbocycles. The lowest BCUT2D eigenvalue weighted by Crippen LogP contribution is -2.02. The minimum absolute atomic E-state index is 0.902. The number of benzene rings is 1. The molecule has 1 N–H and O–H groups in total. The molecule has 0 unspecified atom stereocenters. The van der Waals surface area contributed by atoms with Crippen molar-refractivity contribution in [2.75, 3.05) is 31.0 Å². The number of anilines is 1. The fourth-order valence-electron chi connectivity index (χ4n) is 1.16. The number of nitrogens with one attached hydrogen (secondary N) is 1. The third-order valence-corrected chi connectivity index (χ3v) is 2.64. The summed E-state index contributed by atoms with van der Waals surface area (Å²) in [6, 6.07) is 8.02. The van der Waals surface area contributed by atoms with Crippen LogP contribution in [-0.4, -0.2) is 25.7 Å². The van der Waals surface area contributed by atoms with Crippen LogP contribution in [0.2, 0.25) is 0 Å². The summed E-state index contributed by atoms with van der Waals surface area (Å²) in [6.07, 6.45) is 3.33. The van der Waals surface area contributed by atoms with Crippen molar-refractivity contribution < 1.29 is 4.74 Å². The lowest BCUT2D eigenvalue weighted by Gasteiger charge is -2.06. The zero-order valence-electron chi connectivity index (χ0n) is 8.75. The van der Waals surface area contributed by atoms with E-state index in [1.54, 1.807) is 7.11 Å². The van der Waals surface area contributed by atoms with Gasteiger partial charge in [-0.05, 0) is 42.7 Å². The number of hydrogen-bond acceptors (Lipinski definition) is 3. The van der Waals surface area contributed by atoms with Gasteiger partial charge in [-0.25, -0.2) is 0 Å². The topological polar surface area (TPSA) is 21.3 Å². The fraction of sp³-hybridized carbons (Fsp3) is 0.455. The first-order chi connectivity index (χ1) is 6.86. The van der Waals surface area contributed by atoms with Crippen LogP contribution < -0.4 is 10.1 Å². The first-order valence-corrected chi connectivity index (χ1v) is 6.13. The predicted molar refractivity (Wildman–Crippen MR) is 64.5 cm³/mol. The highest BCUT2D eigenvalue weighted by Gasteiger charge is 1.92. The van der Waals surface area contributed by atoms with Gasteiger partial charge >= 0.3 is 0 Å². The fourth-order valence-corrected chi connectivity index (χ4v) is 1.59. The van der Waals surface area contributed by atoms with Crippen LogP contribution >= 0.6 is 11.8 Å². The monoisotopic (exact) mass is 211 g/mol. The van der Waals surface area contributed by atoms with Gasteiger partial charge in [0.25, 0.3) is 0 Å². The quantitative estimate of drug-likeness (QED) is 0.731. The molecule has 0 aromatic heterocycles. The van der Waals surface area contributed by atoms with Crippen LogP contribution in [0.15, 0.2) is 24.3 Å². The van der Waals surface area contributed by atoms with E-state index >= 15 is 0 Å². The Morgan fingerprint density at radius 1 is 1.29 bits per heavy atom. The van der Waals surface area contributed by atoms with Crippen LogP contribution in [0.1, 0.15) is 6.42 Å². The second-order valence-corrected chi connectivity index (χ2v) is 3.99. The maximum atomic E-state index is 5.08. The largest absolute Gasteiger partial charge is 0.497 e. The van der Waals surface area contributed by atoms with Crippen LogP contribution in [-0.2, 0) is 0 Å². The lowest BCUT2D eigenvalue weighted by atomic mass is 10.3. The van der Waals surface area contributed by atoms with Gasteiger partial charge in [0.15, 0.2) is 0 Å². The summed E-state index contributed by atoms with van der Waals surface area (Å²) in [5.41, 5.74) is 1.16. The molecule has 78 valence electrons. The summed E-state index contributed by atoms with van der Waals surface area (Å²) < 4.78 is 5.08. The molecule has 0 fully saturated rings. The Labute approximate surface area is 90.0 Å². The SMILES string of the molecule is COc1ccc(NCCCSC)cc1. The van der Waals surface area contributed by atoms with E-state index in [1.165, 1.54) is 12.2 Å². The summed E-state index contributed by atoms with van der Waals surface area (Å²) in [4.78, 5) is 0. The van der Waals surface area contributed by atoms with Gasteiger partial charge in [-0.2, -0.15) is 11.8 Å². The van der Waals surface area contributed by atoms with Gasteiger partial charge in [0.1, 0.15) is 5.75 Å². The Hall–Kier alpha value is -0.830. The van der Waals surface area contributed by atoms with E-state index in [-0.39, 0.29) is 0 Å². The Bertz CT molecular complexity index is 248. The highest BCUT2D eigenvalue weighted by Crippen LogP contribution is 2.14. The van der Waals surface area contributed by atoms with Crippen LogP contribution in [0.5, 0.6) is 5.75 Å². The minimum Gasteiger partial charge on any atom is -0.497 e. The second-order valence-electron chi connectivity index (χ2n) is 3.00. The number of ether oxygens (including phenoxy) is 1. The van der Waals surface area contributed by atoms with Crippen LogP contribution in [0, 0.1) is 0 Å². The van der Waals surface area contributed by atoms with E-state index in [0.29, 0.717) is 0 Å². The predicted octanol–water partition coefficient (Wildman–Crippen LogP) is 2.86. The van der Waals surface area contributed by atoms with E-state index in [0.717, 1.165) is 18.0 Å². The molecule has 0 radical (unpaired) electrons. The van der Waals surface area contributed by atoms with Gasteiger partial charge in [-0.15, -0.1) is 0 Å². The molecule has 14 heavy (non-hydrogen) atoms. The summed E-state index contributed by atoms with van der Waals surface area (Å²) in [5.74, 6) is 2.11. The van der Waals surface area contributed by atoms with Crippen molar-refractivity contribution in [1.29, 1.82) is 0 Å². The van der Waals surface area contributed by atoms with Crippen molar-refractivity contribution in [3.05, 3.63) is 24.3 Å². The molecule has 0 heterocycles. The van der Waals surface area contributed by atoms with Crippen molar-refractivity contribution >= 4 is 17.4 Å². The van der Waals surface area contributed by atoms with Gasteiger partial charge in [0.05, 0.1) is 7.11 Å². The summed E-state index contributed by atoms with van der Waals surface area (Å²) in [7, 11) is 1.68. The van der Waals surface area contributed by atoms with E-state index in [4.69, 9.17) is 4.74 Å². The molecule has 0 amide bonds. The molecule has 1 rings (SSSR count). The molecule has 0 saturated heterocycles. The summed E-state index contributed by atoms with van der Waals surface area (Å²) in [5, 5.41) is 3.36. The number of rotatable bonds is 6. The van der Waals surface area contributed by atoms with Gasteiger partial charge in [-0.3, -0.25) is 0 Å².